The molecule has 0 amide bonds. The third-order valence-corrected chi connectivity index (χ3v) is 11.3. The van der Waals surface area contributed by atoms with Gasteiger partial charge in [-0.3, -0.25) is 0 Å². The second-order valence-electron chi connectivity index (χ2n) is 12.9. The minimum atomic E-state index is -0.0794. The fraction of sp³-hybridized carbons (Fsp3) is 0.931. The van der Waals surface area contributed by atoms with E-state index in [1.165, 1.54) is 57.8 Å². The van der Waals surface area contributed by atoms with Crippen LogP contribution in [0.1, 0.15) is 112 Å². The lowest BCUT2D eigenvalue weighted by atomic mass is 9.47. The van der Waals surface area contributed by atoms with Crippen molar-refractivity contribution < 1.29 is 5.11 Å². The highest BCUT2D eigenvalue weighted by Gasteiger charge is 2.59. The molecular weight excluding hydrogens is 400 g/mol. The Morgan fingerprint density at radius 3 is 2.42 bits per heavy atom. The molecule has 9 atom stereocenters. The maximum absolute atomic E-state index is 10.2. The normalized spacial score (nSPS) is 43.9. The Morgan fingerprint density at radius 2 is 1.74 bits per heavy atom. The summed E-state index contributed by atoms with van der Waals surface area (Å²) in [5, 5.41) is 10.2. The highest BCUT2D eigenvalue weighted by molar-refractivity contribution is 5.85. The average molecular weight is 451 g/mol. The van der Waals surface area contributed by atoms with Crippen molar-refractivity contribution in [1.29, 1.82) is 0 Å². The molecule has 3 saturated carbocycles. The Morgan fingerprint density at radius 1 is 1.00 bits per heavy atom. The lowest BCUT2D eigenvalue weighted by Crippen LogP contribution is -2.50. The molecule has 3 fully saturated rings. The molecule has 180 valence electrons. The number of fused-ring (bicyclic) bond motifs is 5. The van der Waals surface area contributed by atoms with Gasteiger partial charge in [-0.15, -0.1) is 12.4 Å². The van der Waals surface area contributed by atoms with Crippen LogP contribution in [0.5, 0.6) is 0 Å². The van der Waals surface area contributed by atoms with Crippen molar-refractivity contribution in [2.75, 3.05) is 0 Å². The van der Waals surface area contributed by atoms with E-state index in [1.807, 2.05) is 0 Å². The average Bonchev–Trinajstić information content (AvgIpc) is 3.06. The molecule has 0 bridgehead atoms. The van der Waals surface area contributed by atoms with E-state index in [4.69, 9.17) is 0 Å². The van der Waals surface area contributed by atoms with Gasteiger partial charge in [0.05, 0.1) is 6.10 Å². The van der Waals surface area contributed by atoms with Crippen LogP contribution in [0.25, 0.3) is 0 Å². The van der Waals surface area contributed by atoms with E-state index in [9.17, 15) is 5.11 Å². The summed E-state index contributed by atoms with van der Waals surface area (Å²) in [4.78, 5) is 0. The summed E-state index contributed by atoms with van der Waals surface area (Å²) in [6.45, 7) is 15.1. The van der Waals surface area contributed by atoms with Crippen molar-refractivity contribution in [2.45, 2.75) is 118 Å². The summed E-state index contributed by atoms with van der Waals surface area (Å²) >= 11 is 0. The minimum Gasteiger partial charge on any atom is -0.393 e. The lowest BCUT2D eigenvalue weighted by Gasteiger charge is -2.58. The molecule has 4 aliphatic carbocycles. The van der Waals surface area contributed by atoms with Crippen molar-refractivity contribution in [3.63, 3.8) is 0 Å². The van der Waals surface area contributed by atoms with E-state index < -0.39 is 0 Å². The van der Waals surface area contributed by atoms with Crippen LogP contribution in [0.2, 0.25) is 0 Å². The summed E-state index contributed by atoms with van der Waals surface area (Å²) in [6.07, 6.45) is 17.1. The first-order chi connectivity index (χ1) is 14.2. The minimum absolute atomic E-state index is 0. The van der Waals surface area contributed by atoms with Crippen LogP contribution < -0.4 is 0 Å². The van der Waals surface area contributed by atoms with Crippen molar-refractivity contribution in [1.82, 2.24) is 0 Å². The van der Waals surface area contributed by atoms with Crippen LogP contribution in [0, 0.1) is 52.3 Å². The van der Waals surface area contributed by atoms with E-state index in [2.05, 4.69) is 47.6 Å². The molecule has 0 unspecified atom stereocenters. The van der Waals surface area contributed by atoms with E-state index in [0.717, 1.165) is 54.3 Å². The highest BCUT2D eigenvalue weighted by Crippen LogP contribution is 2.67. The summed E-state index contributed by atoms with van der Waals surface area (Å²) in [6, 6.07) is 0. The van der Waals surface area contributed by atoms with E-state index >= 15 is 0 Å². The lowest BCUT2D eigenvalue weighted by molar-refractivity contribution is -0.0575. The molecule has 4 rings (SSSR count). The van der Waals surface area contributed by atoms with Crippen LogP contribution in [-0.2, 0) is 0 Å². The quantitative estimate of drug-likeness (QED) is 0.402. The number of rotatable bonds is 6. The van der Waals surface area contributed by atoms with Gasteiger partial charge in [0, 0.05) is 0 Å². The summed E-state index contributed by atoms with van der Waals surface area (Å²) in [5.41, 5.74) is 2.59. The zero-order valence-corrected chi connectivity index (χ0v) is 22.1. The smallest absolute Gasteiger partial charge is 0.0577 e. The molecule has 0 aromatic heterocycles. The Hall–Kier alpha value is -0.0100. The van der Waals surface area contributed by atoms with Gasteiger partial charge >= 0.3 is 0 Å². The molecule has 31 heavy (non-hydrogen) atoms. The summed E-state index contributed by atoms with van der Waals surface area (Å²) in [5.74, 6) is 6.31. The largest absolute Gasteiger partial charge is 0.393 e. The molecule has 4 aliphatic rings. The zero-order chi connectivity index (χ0) is 21.7. The molecule has 0 radical (unpaired) electrons. The number of allylic oxidation sites excluding steroid dienone is 1. The third kappa shape index (κ3) is 4.41. The van der Waals surface area contributed by atoms with Crippen LogP contribution in [0.15, 0.2) is 11.6 Å². The van der Waals surface area contributed by atoms with Crippen LogP contribution in [0.4, 0.5) is 0 Å². The van der Waals surface area contributed by atoms with E-state index in [1.54, 1.807) is 5.57 Å². The maximum atomic E-state index is 10.2. The molecule has 0 saturated heterocycles. The zero-order valence-electron chi connectivity index (χ0n) is 21.3. The standard InChI is InChI=1S/C29H50O.ClH/c1-7-21(19(2)3)9-8-20(4)25-12-13-26-24-11-10-22-18-23(30)14-16-28(22,5)27(24)15-17-29(25,26)6;/h10,19-21,23-27,30H,7-9,11-18H2,1-6H3;1H/t20-,21-,23+,24+,25-,26+,27+,28+,29-;/m1./s1. The Bertz CT molecular complexity index is 641. The highest BCUT2D eigenvalue weighted by atomic mass is 35.5. The van der Waals surface area contributed by atoms with Gasteiger partial charge in [-0.25, -0.2) is 0 Å². The molecule has 0 heterocycles. The molecule has 1 N–H and O–H groups in total. The Labute approximate surface area is 199 Å². The van der Waals surface area contributed by atoms with Gasteiger partial charge in [-0.05, 0) is 110 Å². The van der Waals surface area contributed by atoms with Crippen LogP contribution >= 0.6 is 12.4 Å². The second kappa shape index (κ2) is 9.69. The molecular formula is C29H51ClO. The Kier molecular flexibility index (Phi) is 8.01. The maximum Gasteiger partial charge on any atom is 0.0577 e. The van der Waals surface area contributed by atoms with Gasteiger partial charge in [0.2, 0.25) is 0 Å². The topological polar surface area (TPSA) is 20.2 Å². The summed E-state index contributed by atoms with van der Waals surface area (Å²) < 4.78 is 0. The molecule has 1 nitrogen and oxygen atoms in total. The van der Waals surface area contributed by atoms with Gasteiger partial charge in [-0.2, -0.15) is 0 Å². The van der Waals surface area contributed by atoms with Crippen molar-refractivity contribution in [3.05, 3.63) is 11.6 Å². The van der Waals surface area contributed by atoms with Gasteiger partial charge in [0.25, 0.3) is 0 Å². The Balaban J connectivity index is 0.00000272. The van der Waals surface area contributed by atoms with Crippen molar-refractivity contribution in [3.8, 4) is 0 Å². The predicted octanol–water partition coefficient (Wildman–Crippen LogP) is 8.45. The number of hydrogen-bond donors (Lipinski definition) is 1. The van der Waals surface area contributed by atoms with Crippen molar-refractivity contribution >= 4 is 12.4 Å². The first-order valence-electron chi connectivity index (χ1n) is 13.6. The molecule has 2 heteroatoms. The third-order valence-electron chi connectivity index (χ3n) is 11.3. The molecule has 0 aliphatic heterocycles. The van der Waals surface area contributed by atoms with Crippen molar-refractivity contribution in [2.24, 2.45) is 52.3 Å². The molecule has 0 aromatic rings. The van der Waals surface area contributed by atoms with E-state index in [-0.39, 0.29) is 18.5 Å². The predicted molar refractivity (Wildman–Crippen MR) is 135 cm³/mol. The fourth-order valence-electron chi connectivity index (χ4n) is 9.30. The number of halogens is 1. The first-order valence-corrected chi connectivity index (χ1v) is 13.6. The molecule has 0 aromatic carbocycles. The van der Waals surface area contributed by atoms with Crippen LogP contribution in [-0.4, -0.2) is 11.2 Å². The van der Waals surface area contributed by atoms with E-state index in [0.29, 0.717) is 10.8 Å². The monoisotopic (exact) mass is 450 g/mol. The summed E-state index contributed by atoms with van der Waals surface area (Å²) in [7, 11) is 0. The van der Waals surface area contributed by atoms with Gasteiger partial charge < -0.3 is 5.11 Å². The number of hydrogen-bond acceptors (Lipinski definition) is 1. The van der Waals surface area contributed by atoms with Crippen LogP contribution in [0.3, 0.4) is 0 Å². The van der Waals surface area contributed by atoms with Gasteiger partial charge in [0.15, 0.2) is 0 Å². The number of aliphatic hydroxyl groups excluding tert-OH is 1. The second-order valence-corrected chi connectivity index (χ2v) is 12.9. The first kappa shape index (κ1) is 25.6. The fourth-order valence-corrected chi connectivity index (χ4v) is 9.30. The van der Waals surface area contributed by atoms with Gasteiger partial charge in [-0.1, -0.05) is 66.0 Å². The molecule has 0 spiro atoms. The number of aliphatic hydroxyl groups is 1. The SMILES string of the molecule is CC[C@H](CC[C@@H](C)[C@H]1CC[C@H]2[C@@H]3CC=C4C[C@@H](O)CC[C@]4(C)[C@H]3CC[C@]12C)C(C)C.Cl. The van der Waals surface area contributed by atoms with Gasteiger partial charge in [0.1, 0.15) is 0 Å².